The molecule has 3 aromatic rings. The molecule has 10 heteroatoms. The van der Waals surface area contributed by atoms with Crippen LogP contribution >= 0.6 is 11.6 Å². The van der Waals surface area contributed by atoms with Gasteiger partial charge in [0.15, 0.2) is 6.10 Å². The highest BCUT2D eigenvalue weighted by Crippen LogP contribution is 2.48. The molecule has 3 atom stereocenters. The molecule has 172 valence electrons. The molecule has 0 spiro atoms. The lowest BCUT2D eigenvalue weighted by Crippen LogP contribution is -2.37. The van der Waals surface area contributed by atoms with E-state index in [0.717, 1.165) is 4.90 Å². The average Bonchev–Trinajstić information content (AvgIpc) is 3.36. The maximum absolute atomic E-state index is 13.6. The van der Waals surface area contributed by atoms with Crippen LogP contribution < -0.4 is 14.7 Å². The van der Waals surface area contributed by atoms with E-state index >= 15 is 0 Å². The summed E-state index contributed by atoms with van der Waals surface area (Å²) in [7, 11) is 1.53. The standard InChI is InChI=1S/C24H18ClN3O6/c1-33-19-7-2-4-14(12-19)21-20-22(34-27(21)17-5-3-6-18(13-17)28(31)32)24(30)26(23(20)29)16-10-8-15(25)9-11-16/h2-13,20-22H,1H3/t20-,21+,22+/m1/s1. The summed E-state index contributed by atoms with van der Waals surface area (Å²) in [5, 5.41) is 13.2. The molecule has 2 saturated heterocycles. The van der Waals surface area contributed by atoms with E-state index in [4.69, 9.17) is 21.2 Å². The van der Waals surface area contributed by atoms with Gasteiger partial charge in [0.2, 0.25) is 5.91 Å². The van der Waals surface area contributed by atoms with Gasteiger partial charge in [0.05, 0.1) is 29.4 Å². The lowest BCUT2D eigenvalue weighted by Gasteiger charge is -2.28. The fourth-order valence-electron chi connectivity index (χ4n) is 4.39. The lowest BCUT2D eigenvalue weighted by molar-refractivity contribution is -0.384. The minimum atomic E-state index is -1.10. The van der Waals surface area contributed by atoms with Crippen LogP contribution in [0.2, 0.25) is 5.02 Å². The van der Waals surface area contributed by atoms with Crippen molar-refractivity contribution in [2.24, 2.45) is 5.92 Å². The number of hydrogen-bond acceptors (Lipinski definition) is 7. The minimum Gasteiger partial charge on any atom is -0.497 e. The number of fused-ring (bicyclic) bond motifs is 1. The number of nitro groups is 1. The molecule has 0 bridgehead atoms. The Kier molecular flexibility index (Phi) is 5.43. The third-order valence-electron chi connectivity index (χ3n) is 5.93. The zero-order valence-corrected chi connectivity index (χ0v) is 18.6. The highest BCUT2D eigenvalue weighted by atomic mass is 35.5. The largest absolute Gasteiger partial charge is 0.497 e. The van der Waals surface area contributed by atoms with E-state index in [9.17, 15) is 19.7 Å². The van der Waals surface area contributed by atoms with Gasteiger partial charge < -0.3 is 4.74 Å². The smallest absolute Gasteiger partial charge is 0.271 e. The zero-order valence-electron chi connectivity index (χ0n) is 17.8. The molecule has 9 nitrogen and oxygen atoms in total. The van der Waals surface area contributed by atoms with Gasteiger partial charge in [-0.2, -0.15) is 0 Å². The molecule has 3 aromatic carbocycles. The summed E-state index contributed by atoms with van der Waals surface area (Å²) in [6.45, 7) is 0. The van der Waals surface area contributed by atoms with Crippen molar-refractivity contribution in [1.29, 1.82) is 0 Å². The van der Waals surface area contributed by atoms with E-state index in [2.05, 4.69) is 0 Å². The number of hydrogen-bond donors (Lipinski definition) is 0. The number of non-ortho nitro benzene ring substituents is 1. The fraction of sp³-hybridized carbons (Fsp3) is 0.167. The van der Waals surface area contributed by atoms with E-state index in [-0.39, 0.29) is 5.69 Å². The molecule has 0 saturated carbocycles. The van der Waals surface area contributed by atoms with E-state index < -0.39 is 34.8 Å². The van der Waals surface area contributed by atoms with Gasteiger partial charge in [-0.05, 0) is 48.0 Å². The molecule has 0 unspecified atom stereocenters. The topological polar surface area (TPSA) is 102 Å². The maximum Gasteiger partial charge on any atom is 0.271 e. The van der Waals surface area contributed by atoms with Gasteiger partial charge >= 0.3 is 0 Å². The average molecular weight is 480 g/mol. The zero-order chi connectivity index (χ0) is 24.0. The lowest BCUT2D eigenvalue weighted by atomic mass is 9.90. The number of ether oxygens (including phenoxy) is 1. The number of nitro benzene ring substituents is 1. The summed E-state index contributed by atoms with van der Waals surface area (Å²) in [6, 6.07) is 18.6. The van der Waals surface area contributed by atoms with Gasteiger partial charge in [0, 0.05) is 17.2 Å². The highest BCUT2D eigenvalue weighted by molar-refractivity contribution is 6.31. The Labute approximate surface area is 199 Å². The van der Waals surface area contributed by atoms with Crippen LogP contribution in [-0.2, 0) is 14.4 Å². The fourth-order valence-corrected chi connectivity index (χ4v) is 4.52. The first-order valence-electron chi connectivity index (χ1n) is 10.4. The molecule has 34 heavy (non-hydrogen) atoms. The molecule has 2 fully saturated rings. The SMILES string of the molecule is COc1cccc([C@H]2[C@H]3C(=O)N(c4ccc(Cl)cc4)C(=O)[C@H]3ON2c2cccc([N+](=O)[O-])c2)c1. The molecule has 2 heterocycles. The molecule has 2 aliphatic rings. The number of carbonyl (C=O) groups is 2. The van der Waals surface area contributed by atoms with E-state index in [1.807, 2.05) is 0 Å². The van der Waals surface area contributed by atoms with Gasteiger partial charge in [-0.25, -0.2) is 9.96 Å². The number of imide groups is 1. The van der Waals surface area contributed by atoms with Crippen molar-refractivity contribution in [3.8, 4) is 5.75 Å². The Hall–Kier alpha value is -3.95. The van der Waals surface area contributed by atoms with Crippen LogP contribution in [0.1, 0.15) is 11.6 Å². The van der Waals surface area contributed by atoms with Crippen LogP contribution in [0, 0.1) is 16.0 Å². The van der Waals surface area contributed by atoms with Gasteiger partial charge in [-0.3, -0.25) is 24.5 Å². The van der Waals surface area contributed by atoms with E-state index in [0.29, 0.717) is 27.7 Å². The molecule has 2 amide bonds. The molecule has 0 radical (unpaired) electrons. The Bertz CT molecular complexity index is 1300. The molecule has 0 N–H and O–H groups in total. The summed E-state index contributed by atoms with van der Waals surface area (Å²) < 4.78 is 5.34. The monoisotopic (exact) mass is 479 g/mol. The molecule has 5 rings (SSSR count). The van der Waals surface area contributed by atoms with Gasteiger partial charge in [-0.15, -0.1) is 0 Å². The Morgan fingerprint density at radius 3 is 2.41 bits per heavy atom. The molecule has 0 aromatic heterocycles. The number of hydroxylamine groups is 1. The highest BCUT2D eigenvalue weighted by Gasteiger charge is 2.60. The van der Waals surface area contributed by atoms with Crippen LogP contribution in [-0.4, -0.2) is 30.0 Å². The normalized spacial score (nSPS) is 21.6. The van der Waals surface area contributed by atoms with Crippen molar-refractivity contribution in [1.82, 2.24) is 0 Å². The van der Waals surface area contributed by atoms with Crippen molar-refractivity contribution < 1.29 is 24.1 Å². The van der Waals surface area contributed by atoms with Crippen molar-refractivity contribution >= 4 is 40.5 Å². The van der Waals surface area contributed by atoms with Gasteiger partial charge in [0.1, 0.15) is 11.7 Å². The number of halogens is 1. The van der Waals surface area contributed by atoms with Gasteiger partial charge in [-0.1, -0.05) is 29.8 Å². The van der Waals surface area contributed by atoms with Crippen LogP contribution in [0.25, 0.3) is 0 Å². The summed E-state index contributed by atoms with van der Waals surface area (Å²) in [5.74, 6) is -1.27. The Morgan fingerprint density at radius 1 is 0.971 bits per heavy atom. The van der Waals surface area contributed by atoms with Crippen LogP contribution in [0.5, 0.6) is 5.75 Å². The first kappa shape index (κ1) is 21.9. The van der Waals surface area contributed by atoms with Crippen LogP contribution in [0.4, 0.5) is 17.1 Å². The van der Waals surface area contributed by atoms with Gasteiger partial charge in [0.25, 0.3) is 11.6 Å². The van der Waals surface area contributed by atoms with Crippen molar-refractivity contribution in [3.05, 3.63) is 93.5 Å². The van der Waals surface area contributed by atoms with Crippen molar-refractivity contribution in [2.75, 3.05) is 17.1 Å². The third-order valence-corrected chi connectivity index (χ3v) is 6.18. The van der Waals surface area contributed by atoms with E-state index in [1.165, 1.54) is 30.4 Å². The third kappa shape index (κ3) is 3.55. The molecule has 2 aliphatic heterocycles. The maximum atomic E-state index is 13.6. The quantitative estimate of drug-likeness (QED) is 0.305. The first-order chi connectivity index (χ1) is 16.4. The number of amides is 2. The molecule has 0 aliphatic carbocycles. The number of methoxy groups -OCH3 is 1. The van der Waals surface area contributed by atoms with Crippen molar-refractivity contribution in [3.63, 3.8) is 0 Å². The van der Waals surface area contributed by atoms with Crippen LogP contribution in [0.3, 0.4) is 0 Å². The molecular weight excluding hydrogens is 462 g/mol. The summed E-state index contributed by atoms with van der Waals surface area (Å²) in [5.41, 5.74) is 1.28. The Balaban J connectivity index is 1.60. The van der Waals surface area contributed by atoms with E-state index in [1.54, 1.807) is 54.6 Å². The summed E-state index contributed by atoms with van der Waals surface area (Å²) in [6.07, 6.45) is -1.10. The van der Waals surface area contributed by atoms with Crippen LogP contribution in [0.15, 0.2) is 72.8 Å². The number of carbonyl (C=O) groups excluding carboxylic acids is 2. The number of rotatable bonds is 5. The summed E-state index contributed by atoms with van der Waals surface area (Å²) >= 11 is 5.96. The Morgan fingerprint density at radius 2 is 1.71 bits per heavy atom. The second-order valence-corrected chi connectivity index (χ2v) is 8.30. The number of benzene rings is 3. The second-order valence-electron chi connectivity index (χ2n) is 7.86. The predicted molar refractivity (Wildman–Crippen MR) is 124 cm³/mol. The summed E-state index contributed by atoms with van der Waals surface area (Å²) in [4.78, 5) is 44.9. The number of anilines is 2. The first-order valence-corrected chi connectivity index (χ1v) is 10.7. The minimum absolute atomic E-state index is 0.136. The number of nitrogens with zero attached hydrogens (tertiary/aromatic N) is 3. The van der Waals surface area contributed by atoms with Crippen molar-refractivity contribution in [2.45, 2.75) is 12.1 Å². The second kappa shape index (κ2) is 8.44. The predicted octanol–water partition coefficient (Wildman–Crippen LogP) is 4.31. The molecular formula is C24H18ClN3O6.